The highest BCUT2D eigenvalue weighted by Gasteiger charge is 2.07. The summed E-state index contributed by atoms with van der Waals surface area (Å²) in [7, 11) is 1.60. The zero-order valence-corrected chi connectivity index (χ0v) is 12.8. The van der Waals surface area contributed by atoms with Gasteiger partial charge in [0.15, 0.2) is 11.5 Å². The maximum absolute atomic E-state index is 8.66. The monoisotopic (exact) mass is 307 g/mol. The molecule has 0 aliphatic rings. The van der Waals surface area contributed by atoms with Gasteiger partial charge in [-0.25, -0.2) is 0 Å². The predicted octanol–water partition coefficient (Wildman–Crippen LogP) is 4.24. The second kappa shape index (κ2) is 6.83. The standard InChI is InChI=1S/C19H17NO3/c1-22-18-10-9-14(12-20-21)11-19(18)23-13-16-7-4-6-15-5-2-3-8-17(15)16/h2-12,21H,13H2,1H3/b20-12-. The average Bonchev–Trinajstić information content (AvgIpc) is 2.60. The molecule has 4 heteroatoms. The fourth-order valence-corrected chi connectivity index (χ4v) is 2.53. The zero-order valence-electron chi connectivity index (χ0n) is 12.8. The Labute approximate surface area is 134 Å². The molecular weight excluding hydrogens is 290 g/mol. The van der Waals surface area contributed by atoms with Crippen molar-refractivity contribution < 1.29 is 14.7 Å². The van der Waals surface area contributed by atoms with Crippen molar-refractivity contribution in [3.8, 4) is 11.5 Å². The Balaban J connectivity index is 1.88. The highest BCUT2D eigenvalue weighted by atomic mass is 16.5. The van der Waals surface area contributed by atoms with Gasteiger partial charge in [-0.2, -0.15) is 0 Å². The third kappa shape index (κ3) is 3.26. The number of oxime groups is 1. The molecule has 0 unspecified atom stereocenters. The van der Waals surface area contributed by atoms with Gasteiger partial charge in [-0.15, -0.1) is 0 Å². The molecular formula is C19H17NO3. The molecule has 0 atom stereocenters. The molecule has 0 saturated heterocycles. The number of fused-ring (bicyclic) bond motifs is 1. The van der Waals surface area contributed by atoms with Crippen molar-refractivity contribution in [3.05, 3.63) is 71.8 Å². The van der Waals surface area contributed by atoms with E-state index in [0.29, 0.717) is 18.1 Å². The highest BCUT2D eigenvalue weighted by molar-refractivity contribution is 5.85. The Bertz CT molecular complexity index is 838. The Kier molecular flexibility index (Phi) is 4.43. The first-order valence-corrected chi connectivity index (χ1v) is 7.27. The van der Waals surface area contributed by atoms with Crippen LogP contribution in [-0.4, -0.2) is 18.5 Å². The minimum Gasteiger partial charge on any atom is -0.493 e. The Hall–Kier alpha value is -3.01. The third-order valence-electron chi connectivity index (χ3n) is 3.66. The van der Waals surface area contributed by atoms with E-state index in [-0.39, 0.29) is 0 Å². The molecule has 0 aromatic heterocycles. The van der Waals surface area contributed by atoms with Crippen LogP contribution >= 0.6 is 0 Å². The highest BCUT2D eigenvalue weighted by Crippen LogP contribution is 2.29. The van der Waals surface area contributed by atoms with Crippen molar-refractivity contribution in [1.29, 1.82) is 0 Å². The Morgan fingerprint density at radius 3 is 2.65 bits per heavy atom. The molecule has 0 bridgehead atoms. The van der Waals surface area contributed by atoms with Crippen LogP contribution in [0.15, 0.2) is 65.8 Å². The summed E-state index contributed by atoms with van der Waals surface area (Å²) in [5.41, 5.74) is 1.84. The van der Waals surface area contributed by atoms with Crippen molar-refractivity contribution in [2.45, 2.75) is 6.61 Å². The number of rotatable bonds is 5. The van der Waals surface area contributed by atoms with Gasteiger partial charge in [0.05, 0.1) is 13.3 Å². The van der Waals surface area contributed by atoms with Crippen molar-refractivity contribution >= 4 is 17.0 Å². The van der Waals surface area contributed by atoms with Crippen LogP contribution in [-0.2, 0) is 6.61 Å². The van der Waals surface area contributed by atoms with Crippen molar-refractivity contribution in [3.63, 3.8) is 0 Å². The number of benzene rings is 3. The fraction of sp³-hybridized carbons (Fsp3) is 0.105. The second-order valence-electron chi connectivity index (χ2n) is 5.08. The van der Waals surface area contributed by atoms with E-state index in [0.717, 1.165) is 11.1 Å². The van der Waals surface area contributed by atoms with E-state index < -0.39 is 0 Å². The molecule has 0 heterocycles. The van der Waals surface area contributed by atoms with E-state index >= 15 is 0 Å². The molecule has 116 valence electrons. The average molecular weight is 307 g/mol. The van der Waals surface area contributed by atoms with Gasteiger partial charge < -0.3 is 14.7 Å². The van der Waals surface area contributed by atoms with Gasteiger partial charge in [0.2, 0.25) is 0 Å². The van der Waals surface area contributed by atoms with Crippen LogP contribution in [0.3, 0.4) is 0 Å². The largest absolute Gasteiger partial charge is 0.493 e. The first kappa shape index (κ1) is 14.9. The second-order valence-corrected chi connectivity index (χ2v) is 5.08. The van der Waals surface area contributed by atoms with Gasteiger partial charge in [0, 0.05) is 5.56 Å². The molecule has 3 aromatic carbocycles. The van der Waals surface area contributed by atoms with Gasteiger partial charge in [-0.3, -0.25) is 0 Å². The van der Waals surface area contributed by atoms with Crippen LogP contribution in [0.1, 0.15) is 11.1 Å². The van der Waals surface area contributed by atoms with Crippen LogP contribution in [0.25, 0.3) is 10.8 Å². The van der Waals surface area contributed by atoms with E-state index in [1.807, 2.05) is 24.3 Å². The summed E-state index contributed by atoms with van der Waals surface area (Å²) >= 11 is 0. The summed E-state index contributed by atoms with van der Waals surface area (Å²) in [5.74, 6) is 1.25. The lowest BCUT2D eigenvalue weighted by Gasteiger charge is -2.12. The SMILES string of the molecule is COc1ccc(/C=N\O)cc1OCc1cccc2ccccc12. The summed E-state index contributed by atoms with van der Waals surface area (Å²) in [6.07, 6.45) is 1.35. The molecule has 0 radical (unpaired) electrons. The van der Waals surface area contributed by atoms with Gasteiger partial charge >= 0.3 is 0 Å². The molecule has 0 aliphatic heterocycles. The van der Waals surface area contributed by atoms with E-state index in [2.05, 4.69) is 23.4 Å². The lowest BCUT2D eigenvalue weighted by atomic mass is 10.1. The van der Waals surface area contributed by atoms with Gasteiger partial charge in [0.1, 0.15) is 6.61 Å². The fourth-order valence-electron chi connectivity index (χ4n) is 2.53. The maximum Gasteiger partial charge on any atom is 0.162 e. The summed E-state index contributed by atoms with van der Waals surface area (Å²) in [4.78, 5) is 0. The Morgan fingerprint density at radius 1 is 1.00 bits per heavy atom. The molecule has 0 fully saturated rings. The van der Waals surface area contributed by atoms with E-state index in [1.54, 1.807) is 25.3 Å². The van der Waals surface area contributed by atoms with Crippen LogP contribution in [0, 0.1) is 0 Å². The molecule has 1 N–H and O–H groups in total. The Morgan fingerprint density at radius 2 is 1.83 bits per heavy atom. The molecule has 3 rings (SSSR count). The number of methoxy groups -OCH3 is 1. The third-order valence-corrected chi connectivity index (χ3v) is 3.66. The molecule has 23 heavy (non-hydrogen) atoms. The smallest absolute Gasteiger partial charge is 0.162 e. The first-order chi connectivity index (χ1) is 11.3. The first-order valence-electron chi connectivity index (χ1n) is 7.27. The zero-order chi connectivity index (χ0) is 16.1. The summed E-state index contributed by atoms with van der Waals surface area (Å²) in [6.45, 7) is 0.428. The van der Waals surface area contributed by atoms with Gasteiger partial charge in [-0.05, 0) is 34.5 Å². The minimum absolute atomic E-state index is 0.428. The van der Waals surface area contributed by atoms with Crippen LogP contribution in [0.2, 0.25) is 0 Å². The predicted molar refractivity (Wildman–Crippen MR) is 90.7 cm³/mol. The quantitative estimate of drug-likeness (QED) is 0.436. The molecule has 4 nitrogen and oxygen atoms in total. The molecule has 0 amide bonds. The van der Waals surface area contributed by atoms with Crippen molar-refractivity contribution in [1.82, 2.24) is 0 Å². The molecule has 3 aromatic rings. The number of nitrogens with zero attached hydrogens (tertiary/aromatic N) is 1. The van der Waals surface area contributed by atoms with E-state index in [1.165, 1.54) is 17.0 Å². The number of hydrogen-bond acceptors (Lipinski definition) is 4. The molecule has 0 aliphatic carbocycles. The van der Waals surface area contributed by atoms with Crippen LogP contribution < -0.4 is 9.47 Å². The summed E-state index contributed by atoms with van der Waals surface area (Å²) < 4.78 is 11.3. The van der Waals surface area contributed by atoms with Crippen molar-refractivity contribution in [2.75, 3.05) is 7.11 Å². The number of hydrogen-bond donors (Lipinski definition) is 1. The molecule has 0 saturated carbocycles. The van der Waals surface area contributed by atoms with Gasteiger partial charge in [0.25, 0.3) is 0 Å². The lowest BCUT2D eigenvalue weighted by molar-refractivity contribution is 0.285. The van der Waals surface area contributed by atoms with Crippen molar-refractivity contribution in [2.24, 2.45) is 5.16 Å². The van der Waals surface area contributed by atoms with E-state index in [9.17, 15) is 0 Å². The topological polar surface area (TPSA) is 51.0 Å². The summed E-state index contributed by atoms with van der Waals surface area (Å²) in [6, 6.07) is 19.7. The minimum atomic E-state index is 0.428. The van der Waals surface area contributed by atoms with Crippen LogP contribution in [0.4, 0.5) is 0 Å². The van der Waals surface area contributed by atoms with Crippen LogP contribution in [0.5, 0.6) is 11.5 Å². The number of ether oxygens (including phenoxy) is 2. The maximum atomic E-state index is 8.66. The molecule has 0 spiro atoms. The normalized spacial score (nSPS) is 11.0. The van der Waals surface area contributed by atoms with Gasteiger partial charge in [-0.1, -0.05) is 47.6 Å². The van der Waals surface area contributed by atoms with E-state index in [4.69, 9.17) is 14.7 Å². The summed E-state index contributed by atoms with van der Waals surface area (Å²) in [5, 5.41) is 14.1. The lowest BCUT2D eigenvalue weighted by Crippen LogP contribution is -1.99.